The van der Waals surface area contributed by atoms with Crippen molar-refractivity contribution in [3.63, 3.8) is 0 Å². The van der Waals surface area contributed by atoms with E-state index in [9.17, 15) is 9.90 Å². The van der Waals surface area contributed by atoms with Gasteiger partial charge in [-0.15, -0.1) is 6.58 Å². The van der Waals surface area contributed by atoms with E-state index in [1.807, 2.05) is 10.6 Å². The minimum Gasteiger partial charge on any atom is -0.392 e. The summed E-state index contributed by atoms with van der Waals surface area (Å²) in [5, 5.41) is 12.9. The van der Waals surface area contributed by atoms with Crippen molar-refractivity contribution in [1.29, 1.82) is 0 Å². The fourth-order valence-corrected chi connectivity index (χ4v) is 3.44. The number of nitrogens with zero attached hydrogens (tertiary/aromatic N) is 1. The molecule has 0 radical (unpaired) electrons. The summed E-state index contributed by atoms with van der Waals surface area (Å²) in [6.07, 6.45) is 3.41. The molecule has 3 heterocycles. The predicted molar refractivity (Wildman–Crippen MR) is 74.2 cm³/mol. The first kappa shape index (κ1) is 12.6. The summed E-state index contributed by atoms with van der Waals surface area (Å²) in [7, 11) is 0. The molecule has 2 aliphatic heterocycles. The van der Waals surface area contributed by atoms with Gasteiger partial charge in [0.25, 0.3) is 5.56 Å². The zero-order valence-electron chi connectivity index (χ0n) is 11.1. The van der Waals surface area contributed by atoms with Crippen molar-refractivity contribution < 1.29 is 5.11 Å². The maximum atomic E-state index is 12.6. The van der Waals surface area contributed by atoms with Crippen molar-refractivity contribution in [1.82, 2.24) is 9.88 Å². The van der Waals surface area contributed by atoms with Crippen molar-refractivity contribution in [3.8, 4) is 0 Å². The van der Waals surface area contributed by atoms with Gasteiger partial charge in [0.05, 0.1) is 6.61 Å². The fourth-order valence-electron chi connectivity index (χ4n) is 3.44. The van der Waals surface area contributed by atoms with Gasteiger partial charge in [0.1, 0.15) is 0 Å². The second kappa shape index (κ2) is 4.94. The molecule has 102 valence electrons. The van der Waals surface area contributed by atoms with E-state index in [1.165, 1.54) is 0 Å². The third-order valence-electron chi connectivity index (χ3n) is 4.34. The van der Waals surface area contributed by atoms with Crippen molar-refractivity contribution in [2.45, 2.75) is 31.9 Å². The monoisotopic (exact) mass is 260 g/mol. The number of aliphatic hydroxyl groups excluding tert-OH is 1. The van der Waals surface area contributed by atoms with Gasteiger partial charge in [-0.2, -0.15) is 0 Å². The van der Waals surface area contributed by atoms with Crippen LogP contribution in [0.5, 0.6) is 0 Å². The van der Waals surface area contributed by atoms with E-state index < -0.39 is 0 Å². The second-order valence-corrected chi connectivity index (χ2v) is 5.60. The molecule has 0 saturated carbocycles. The Bertz CT molecular complexity index is 562. The summed E-state index contributed by atoms with van der Waals surface area (Å²) in [4.78, 5) is 12.6. The maximum absolute atomic E-state index is 12.6. The molecular formula is C15H20N2O2. The van der Waals surface area contributed by atoms with Crippen LogP contribution in [-0.4, -0.2) is 22.8 Å². The van der Waals surface area contributed by atoms with Gasteiger partial charge in [-0.05, 0) is 36.9 Å². The summed E-state index contributed by atoms with van der Waals surface area (Å²) < 4.78 is 1.93. The number of aliphatic hydroxyl groups is 1. The third-order valence-corrected chi connectivity index (χ3v) is 4.34. The van der Waals surface area contributed by atoms with Gasteiger partial charge in [-0.3, -0.25) is 4.79 Å². The van der Waals surface area contributed by atoms with Gasteiger partial charge < -0.3 is 15.0 Å². The average Bonchev–Trinajstić information content (AvgIpc) is 2.43. The molecule has 2 atom stereocenters. The van der Waals surface area contributed by atoms with Gasteiger partial charge >= 0.3 is 0 Å². The molecule has 2 N–H and O–H groups in total. The summed E-state index contributed by atoms with van der Waals surface area (Å²) in [6.45, 7) is 6.36. The summed E-state index contributed by atoms with van der Waals surface area (Å²) in [5.74, 6) is 0.962. The lowest BCUT2D eigenvalue weighted by atomic mass is 9.83. The number of hydrogen-bond donors (Lipinski definition) is 2. The standard InChI is InChI=1S/C15H20N2O2/c1-2-3-13-12(9-18)5-14-11-4-10(6-16-7-11)8-17(14)15(13)19/h2,5,10-11,16,18H,1,3-4,6-9H2. The molecule has 1 saturated heterocycles. The van der Waals surface area contributed by atoms with Crippen LogP contribution in [0.2, 0.25) is 0 Å². The Balaban J connectivity index is 2.16. The highest BCUT2D eigenvalue weighted by atomic mass is 16.3. The van der Waals surface area contributed by atoms with E-state index in [0.29, 0.717) is 23.8 Å². The highest BCUT2D eigenvalue weighted by Crippen LogP contribution is 2.32. The Hall–Kier alpha value is -1.39. The van der Waals surface area contributed by atoms with E-state index >= 15 is 0 Å². The van der Waals surface area contributed by atoms with E-state index in [1.54, 1.807) is 6.08 Å². The van der Waals surface area contributed by atoms with Crippen LogP contribution in [-0.2, 0) is 19.6 Å². The zero-order chi connectivity index (χ0) is 13.4. The Morgan fingerprint density at radius 1 is 1.53 bits per heavy atom. The first-order valence-corrected chi connectivity index (χ1v) is 6.92. The number of allylic oxidation sites excluding steroid dienone is 1. The van der Waals surface area contributed by atoms with Gasteiger partial charge in [-0.1, -0.05) is 6.08 Å². The Labute approximate surface area is 112 Å². The fraction of sp³-hybridized carbons (Fsp3) is 0.533. The van der Waals surface area contributed by atoms with Gasteiger partial charge in [-0.25, -0.2) is 0 Å². The second-order valence-electron chi connectivity index (χ2n) is 5.60. The lowest BCUT2D eigenvalue weighted by Gasteiger charge is -2.38. The van der Waals surface area contributed by atoms with Crippen molar-refractivity contribution in [3.05, 3.63) is 45.9 Å². The van der Waals surface area contributed by atoms with E-state index in [2.05, 4.69) is 11.9 Å². The summed E-state index contributed by atoms with van der Waals surface area (Å²) in [5.41, 5.74) is 2.62. The zero-order valence-corrected chi connectivity index (χ0v) is 11.1. The molecular weight excluding hydrogens is 240 g/mol. The smallest absolute Gasteiger partial charge is 0.254 e. The van der Waals surface area contributed by atoms with Crippen LogP contribution in [0.4, 0.5) is 0 Å². The Kier molecular flexibility index (Phi) is 3.29. The molecule has 0 aromatic carbocycles. The highest BCUT2D eigenvalue weighted by Gasteiger charge is 2.31. The highest BCUT2D eigenvalue weighted by molar-refractivity contribution is 5.32. The number of fused-ring (bicyclic) bond motifs is 4. The van der Waals surface area contributed by atoms with Crippen LogP contribution in [0.15, 0.2) is 23.5 Å². The van der Waals surface area contributed by atoms with Gasteiger partial charge in [0, 0.05) is 30.3 Å². The first-order valence-electron chi connectivity index (χ1n) is 6.92. The molecule has 3 rings (SSSR count). The van der Waals surface area contributed by atoms with Crippen LogP contribution in [0.3, 0.4) is 0 Å². The van der Waals surface area contributed by atoms with Crippen LogP contribution in [0, 0.1) is 5.92 Å². The van der Waals surface area contributed by atoms with Gasteiger partial charge in [0.15, 0.2) is 0 Å². The van der Waals surface area contributed by atoms with Crippen LogP contribution in [0.1, 0.15) is 29.2 Å². The van der Waals surface area contributed by atoms with E-state index in [-0.39, 0.29) is 12.2 Å². The molecule has 4 nitrogen and oxygen atoms in total. The number of piperidine rings is 1. The largest absolute Gasteiger partial charge is 0.392 e. The normalized spacial score (nSPS) is 24.9. The maximum Gasteiger partial charge on any atom is 0.254 e. The van der Waals surface area contributed by atoms with Crippen molar-refractivity contribution in [2.24, 2.45) is 5.92 Å². The van der Waals surface area contributed by atoms with Crippen LogP contribution in [0.25, 0.3) is 0 Å². The van der Waals surface area contributed by atoms with Crippen molar-refractivity contribution >= 4 is 0 Å². The molecule has 0 aliphatic carbocycles. The Morgan fingerprint density at radius 2 is 2.37 bits per heavy atom. The number of rotatable bonds is 3. The summed E-state index contributed by atoms with van der Waals surface area (Å²) >= 11 is 0. The quantitative estimate of drug-likeness (QED) is 0.790. The molecule has 0 spiro atoms. The van der Waals surface area contributed by atoms with Crippen LogP contribution >= 0.6 is 0 Å². The van der Waals surface area contributed by atoms with Crippen LogP contribution < -0.4 is 10.9 Å². The molecule has 19 heavy (non-hydrogen) atoms. The van der Waals surface area contributed by atoms with Crippen molar-refractivity contribution in [2.75, 3.05) is 13.1 Å². The number of nitrogens with one attached hydrogen (secondary N) is 1. The topological polar surface area (TPSA) is 54.3 Å². The molecule has 2 aliphatic rings. The van der Waals surface area contributed by atoms with Gasteiger partial charge in [0.2, 0.25) is 0 Å². The third kappa shape index (κ3) is 2.05. The molecule has 1 aromatic heterocycles. The average molecular weight is 260 g/mol. The SMILES string of the molecule is C=CCc1c(CO)cc2n(c1=O)CC1CNCC2C1. The lowest BCUT2D eigenvalue weighted by molar-refractivity contribution is 0.252. The number of aromatic nitrogens is 1. The molecule has 1 aromatic rings. The minimum absolute atomic E-state index is 0.0676. The first-order chi connectivity index (χ1) is 9.24. The predicted octanol–water partition coefficient (Wildman–Crippen LogP) is 0.776. The van der Waals surface area contributed by atoms with E-state index in [0.717, 1.165) is 37.3 Å². The Morgan fingerprint density at radius 3 is 3.11 bits per heavy atom. The molecule has 0 amide bonds. The minimum atomic E-state index is -0.0736. The number of hydrogen-bond acceptors (Lipinski definition) is 3. The molecule has 2 unspecified atom stereocenters. The molecule has 1 fully saturated rings. The summed E-state index contributed by atoms with van der Waals surface area (Å²) in [6, 6.07) is 2.02. The molecule has 4 heteroatoms. The van der Waals surface area contributed by atoms with E-state index in [4.69, 9.17) is 0 Å². The number of pyridine rings is 1. The molecule has 2 bridgehead atoms. The lowest BCUT2D eigenvalue weighted by Crippen LogP contribution is -2.45.